The number of carboxylic acids is 1. The highest BCUT2D eigenvalue weighted by molar-refractivity contribution is 6.32. The summed E-state index contributed by atoms with van der Waals surface area (Å²) in [4.78, 5) is 13.6. The van der Waals surface area contributed by atoms with Gasteiger partial charge in [0.05, 0.1) is 0 Å². The van der Waals surface area contributed by atoms with Crippen LogP contribution in [-0.4, -0.2) is 21.2 Å². The number of rotatable bonds is 2. The number of nitrogens with zero attached hydrogens (tertiary/aromatic N) is 1. The number of halogens is 1. The summed E-state index contributed by atoms with van der Waals surface area (Å²) < 4.78 is 4.82. The number of hydrogen-bond acceptors (Lipinski definition) is 3. The zero-order valence-corrected chi connectivity index (χ0v) is 7.58. The number of H-pyrrole nitrogens is 1. The molecule has 2 aromatic rings. The Balaban J connectivity index is 2.60. The third-order valence-corrected chi connectivity index (χ3v) is 1.98. The Morgan fingerprint density at radius 1 is 1.64 bits per heavy atom. The lowest BCUT2D eigenvalue weighted by Crippen LogP contribution is -1.96. The highest BCUT2D eigenvalue weighted by Crippen LogP contribution is 2.28. The van der Waals surface area contributed by atoms with Gasteiger partial charge in [-0.05, 0) is 6.07 Å². The van der Waals surface area contributed by atoms with E-state index in [-0.39, 0.29) is 16.5 Å². The Morgan fingerprint density at radius 2 is 2.43 bits per heavy atom. The molecule has 0 spiro atoms. The molecule has 14 heavy (non-hydrogen) atoms. The average Bonchev–Trinajstić information content (AvgIpc) is 2.70. The zero-order chi connectivity index (χ0) is 10.1. The van der Waals surface area contributed by atoms with Gasteiger partial charge in [-0.15, -0.1) is 0 Å². The Labute approximate surface area is 83.3 Å². The largest absolute Gasteiger partial charge is 0.477 e. The monoisotopic (exact) mass is 212 g/mol. The van der Waals surface area contributed by atoms with Crippen LogP contribution in [0.3, 0.4) is 0 Å². The quantitative estimate of drug-likeness (QED) is 0.798. The van der Waals surface area contributed by atoms with E-state index in [0.717, 1.165) is 0 Å². The smallest absolute Gasteiger partial charge is 0.342 e. The highest BCUT2D eigenvalue weighted by Gasteiger charge is 2.22. The van der Waals surface area contributed by atoms with E-state index in [4.69, 9.17) is 21.2 Å². The molecule has 0 unspecified atom stereocenters. The first-order valence-corrected chi connectivity index (χ1v) is 4.09. The normalized spacial score (nSPS) is 10.4. The van der Waals surface area contributed by atoms with Gasteiger partial charge in [0.1, 0.15) is 5.56 Å². The summed E-state index contributed by atoms with van der Waals surface area (Å²) in [6.07, 6.45) is 3.25. The predicted molar refractivity (Wildman–Crippen MR) is 48.3 cm³/mol. The molecule has 0 bridgehead atoms. The summed E-state index contributed by atoms with van der Waals surface area (Å²) in [5, 5.41) is 12.1. The Bertz CT molecular complexity index is 461. The second-order valence-corrected chi connectivity index (χ2v) is 2.94. The fourth-order valence-corrected chi connectivity index (χ4v) is 1.32. The van der Waals surface area contributed by atoms with Crippen molar-refractivity contribution in [2.45, 2.75) is 0 Å². The molecule has 0 atom stereocenters. The topological polar surface area (TPSA) is 79.1 Å². The van der Waals surface area contributed by atoms with Gasteiger partial charge in [0, 0.05) is 18.0 Å². The van der Waals surface area contributed by atoms with E-state index in [0.29, 0.717) is 5.56 Å². The first-order valence-electron chi connectivity index (χ1n) is 3.72. The van der Waals surface area contributed by atoms with Crippen LogP contribution in [0.1, 0.15) is 10.4 Å². The standard InChI is InChI=1S/C8H5ClN2O3/c9-7-5(8(12)13)6(14-11-7)4-1-2-10-3-4/h1-3,10H,(H,12,13). The van der Waals surface area contributed by atoms with E-state index < -0.39 is 5.97 Å². The van der Waals surface area contributed by atoms with Crippen LogP contribution < -0.4 is 0 Å². The van der Waals surface area contributed by atoms with Gasteiger partial charge in [-0.25, -0.2) is 4.79 Å². The number of hydrogen-bond donors (Lipinski definition) is 2. The first-order chi connectivity index (χ1) is 6.70. The molecule has 0 aliphatic rings. The Morgan fingerprint density at radius 3 is 3.00 bits per heavy atom. The Hall–Kier alpha value is -1.75. The average molecular weight is 213 g/mol. The molecule has 0 saturated carbocycles. The molecular formula is C8H5ClN2O3. The van der Waals surface area contributed by atoms with Crippen molar-refractivity contribution < 1.29 is 14.4 Å². The fraction of sp³-hybridized carbons (Fsp3) is 0. The van der Waals surface area contributed by atoms with E-state index in [1.54, 1.807) is 18.5 Å². The molecule has 0 aliphatic heterocycles. The van der Waals surface area contributed by atoms with Gasteiger partial charge in [-0.1, -0.05) is 16.8 Å². The molecule has 0 amide bonds. The van der Waals surface area contributed by atoms with Crippen LogP contribution >= 0.6 is 11.6 Å². The van der Waals surface area contributed by atoms with Crippen molar-refractivity contribution >= 4 is 17.6 Å². The van der Waals surface area contributed by atoms with Gasteiger partial charge in [-0.3, -0.25) is 0 Å². The summed E-state index contributed by atoms with van der Waals surface area (Å²) in [6, 6.07) is 1.67. The fourth-order valence-electron chi connectivity index (χ4n) is 1.12. The molecule has 0 aliphatic carbocycles. The minimum atomic E-state index is -1.16. The molecule has 0 aromatic carbocycles. The molecule has 5 nitrogen and oxygen atoms in total. The second-order valence-electron chi connectivity index (χ2n) is 2.58. The molecule has 2 aromatic heterocycles. The van der Waals surface area contributed by atoms with Crippen LogP contribution in [0.2, 0.25) is 5.15 Å². The van der Waals surface area contributed by atoms with Gasteiger partial charge in [0.25, 0.3) is 0 Å². The molecule has 0 saturated heterocycles. The highest BCUT2D eigenvalue weighted by atomic mass is 35.5. The lowest BCUT2D eigenvalue weighted by atomic mass is 10.2. The molecular weight excluding hydrogens is 208 g/mol. The molecule has 6 heteroatoms. The Kier molecular flexibility index (Phi) is 2.01. The number of carbonyl (C=O) groups is 1. The molecule has 2 N–H and O–H groups in total. The lowest BCUT2D eigenvalue weighted by Gasteiger charge is -1.91. The molecule has 2 heterocycles. The van der Waals surface area contributed by atoms with Crippen molar-refractivity contribution in [3.63, 3.8) is 0 Å². The lowest BCUT2D eigenvalue weighted by molar-refractivity contribution is 0.0697. The number of aromatic amines is 1. The maximum atomic E-state index is 10.8. The second kappa shape index (κ2) is 3.19. The number of aromatic carboxylic acids is 1. The zero-order valence-electron chi connectivity index (χ0n) is 6.82. The minimum Gasteiger partial charge on any atom is -0.477 e. The molecule has 72 valence electrons. The van der Waals surface area contributed by atoms with Crippen LogP contribution in [-0.2, 0) is 0 Å². The van der Waals surface area contributed by atoms with Gasteiger partial charge >= 0.3 is 5.97 Å². The van der Waals surface area contributed by atoms with Crippen molar-refractivity contribution in [3.05, 3.63) is 29.2 Å². The third-order valence-electron chi connectivity index (χ3n) is 1.72. The van der Waals surface area contributed by atoms with Gasteiger partial charge in [-0.2, -0.15) is 0 Å². The predicted octanol–water partition coefficient (Wildman–Crippen LogP) is 2.02. The van der Waals surface area contributed by atoms with Crippen molar-refractivity contribution in [3.8, 4) is 11.3 Å². The third kappa shape index (κ3) is 1.27. The van der Waals surface area contributed by atoms with Crippen LogP contribution in [0, 0.1) is 0 Å². The van der Waals surface area contributed by atoms with Crippen LogP contribution in [0.5, 0.6) is 0 Å². The van der Waals surface area contributed by atoms with E-state index in [1.807, 2.05) is 0 Å². The van der Waals surface area contributed by atoms with Crippen molar-refractivity contribution in [2.75, 3.05) is 0 Å². The number of nitrogens with one attached hydrogen (secondary N) is 1. The maximum Gasteiger partial charge on any atom is 0.342 e. The SMILES string of the molecule is O=C(O)c1c(Cl)noc1-c1cc[nH]c1. The van der Waals surface area contributed by atoms with Gasteiger partial charge in [0.2, 0.25) is 0 Å². The van der Waals surface area contributed by atoms with E-state index in [2.05, 4.69) is 10.1 Å². The van der Waals surface area contributed by atoms with Crippen LogP contribution in [0.4, 0.5) is 0 Å². The van der Waals surface area contributed by atoms with Crippen LogP contribution in [0.15, 0.2) is 23.0 Å². The summed E-state index contributed by atoms with van der Waals surface area (Å²) in [6.45, 7) is 0. The van der Waals surface area contributed by atoms with E-state index in [9.17, 15) is 4.79 Å². The number of carboxylic acid groups (broad SMARTS) is 1. The number of aromatic nitrogens is 2. The molecule has 0 fully saturated rings. The summed E-state index contributed by atoms with van der Waals surface area (Å²) in [5.41, 5.74) is 0.480. The molecule has 2 rings (SSSR count). The van der Waals surface area contributed by atoms with E-state index in [1.165, 1.54) is 0 Å². The first kappa shape index (κ1) is 8.83. The summed E-state index contributed by atoms with van der Waals surface area (Å²) in [7, 11) is 0. The van der Waals surface area contributed by atoms with Crippen molar-refractivity contribution in [1.29, 1.82) is 0 Å². The van der Waals surface area contributed by atoms with Crippen molar-refractivity contribution in [1.82, 2.24) is 10.1 Å². The van der Waals surface area contributed by atoms with Crippen molar-refractivity contribution in [2.24, 2.45) is 0 Å². The van der Waals surface area contributed by atoms with Crippen LogP contribution in [0.25, 0.3) is 11.3 Å². The summed E-state index contributed by atoms with van der Waals surface area (Å²) in [5.74, 6) is -1.00. The molecule has 0 radical (unpaired) electrons. The maximum absolute atomic E-state index is 10.8. The van der Waals surface area contributed by atoms with Gasteiger partial charge < -0.3 is 14.6 Å². The minimum absolute atomic E-state index is 0.119. The van der Waals surface area contributed by atoms with E-state index >= 15 is 0 Å². The summed E-state index contributed by atoms with van der Waals surface area (Å²) >= 11 is 5.56. The van der Waals surface area contributed by atoms with Gasteiger partial charge in [0.15, 0.2) is 10.9 Å².